The van der Waals surface area contributed by atoms with E-state index in [9.17, 15) is 19.5 Å². The van der Waals surface area contributed by atoms with Crippen molar-refractivity contribution in [3.63, 3.8) is 0 Å². The van der Waals surface area contributed by atoms with Crippen molar-refractivity contribution in [1.82, 2.24) is 19.9 Å². The van der Waals surface area contributed by atoms with Gasteiger partial charge in [0.25, 0.3) is 5.91 Å². The summed E-state index contributed by atoms with van der Waals surface area (Å²) in [6, 6.07) is 16.6. The Morgan fingerprint density at radius 3 is 2.49 bits per heavy atom. The average molecular weight is 663 g/mol. The van der Waals surface area contributed by atoms with Crippen LogP contribution < -0.4 is 16.4 Å². The molecule has 1 atom stereocenters. The number of fused-ring (bicyclic) bond motifs is 2. The molecule has 0 radical (unpaired) electrons. The van der Waals surface area contributed by atoms with Crippen molar-refractivity contribution < 1.29 is 24.2 Å². The lowest BCUT2D eigenvalue weighted by Crippen LogP contribution is -2.49. The van der Waals surface area contributed by atoms with Gasteiger partial charge in [-0.25, -0.2) is 14.6 Å². The molecule has 2 amide bonds. The molecule has 1 aliphatic carbocycles. The summed E-state index contributed by atoms with van der Waals surface area (Å²) in [5.74, 6) is -1.90. The van der Waals surface area contributed by atoms with Crippen LogP contribution in [0.4, 0.5) is 10.5 Å². The zero-order valence-electron chi connectivity index (χ0n) is 28.2. The molecule has 2 aromatic carbocycles. The Kier molecular flexibility index (Phi) is 9.27. The van der Waals surface area contributed by atoms with Gasteiger partial charge in [0.2, 0.25) is 0 Å². The minimum Gasteiger partial charge on any atom is -0.480 e. The van der Waals surface area contributed by atoms with Crippen molar-refractivity contribution in [3.8, 4) is 16.8 Å². The number of primary amides is 1. The molecule has 5 N–H and O–H groups in total. The number of aromatic nitrogens is 3. The number of rotatable bonds is 9. The Balaban J connectivity index is 1.26. The normalized spacial score (nSPS) is 17.1. The molecule has 254 valence electrons. The number of amides is 2. The molecule has 3 heterocycles. The van der Waals surface area contributed by atoms with Gasteiger partial charge in [-0.05, 0) is 106 Å². The van der Waals surface area contributed by atoms with Gasteiger partial charge in [0.1, 0.15) is 17.3 Å². The fourth-order valence-electron chi connectivity index (χ4n) is 6.80. The molecule has 5 aromatic rings. The van der Waals surface area contributed by atoms with E-state index in [0.29, 0.717) is 36.9 Å². The fourth-order valence-corrected chi connectivity index (χ4v) is 6.80. The number of aliphatic carboxylic acids is 1. The maximum absolute atomic E-state index is 12.5. The lowest BCUT2D eigenvalue weighted by atomic mass is 9.81. The molecular formula is C38H42N6O5. The second-order valence-electron chi connectivity index (χ2n) is 13.7. The van der Waals surface area contributed by atoms with E-state index < -0.39 is 29.6 Å². The number of aryl methyl sites for hydroxylation is 1. The number of pyridine rings is 2. The molecule has 0 bridgehead atoms. The van der Waals surface area contributed by atoms with Crippen LogP contribution in [0.3, 0.4) is 0 Å². The molecule has 0 spiro atoms. The minimum atomic E-state index is -1.09. The second kappa shape index (κ2) is 13.6. The largest absolute Gasteiger partial charge is 0.480 e. The number of para-hydroxylation sites is 1. The van der Waals surface area contributed by atoms with Crippen molar-refractivity contribution in [2.24, 2.45) is 11.7 Å². The van der Waals surface area contributed by atoms with E-state index in [1.165, 1.54) is 0 Å². The third-order valence-electron chi connectivity index (χ3n) is 9.14. The van der Waals surface area contributed by atoms with Gasteiger partial charge in [0.15, 0.2) is 0 Å². The van der Waals surface area contributed by atoms with E-state index >= 15 is 0 Å². The smallest absolute Gasteiger partial charge is 0.408 e. The van der Waals surface area contributed by atoms with Gasteiger partial charge in [-0.1, -0.05) is 25.1 Å². The van der Waals surface area contributed by atoms with E-state index in [1.54, 1.807) is 33.0 Å². The molecule has 0 aliphatic heterocycles. The maximum atomic E-state index is 12.5. The molecule has 0 saturated heterocycles. The van der Waals surface area contributed by atoms with Crippen molar-refractivity contribution >= 4 is 45.6 Å². The van der Waals surface area contributed by atoms with Crippen molar-refractivity contribution in [2.75, 3.05) is 5.32 Å². The summed E-state index contributed by atoms with van der Waals surface area (Å²) in [6.45, 7) is 7.31. The van der Waals surface area contributed by atoms with Gasteiger partial charge in [-0.2, -0.15) is 0 Å². The quantitative estimate of drug-likeness (QED) is 0.133. The number of nitrogens with zero attached hydrogens (tertiary/aromatic N) is 3. The number of hydrogen-bond acceptors (Lipinski definition) is 7. The van der Waals surface area contributed by atoms with Crippen LogP contribution in [0, 0.1) is 5.92 Å². The van der Waals surface area contributed by atoms with Gasteiger partial charge in [0.05, 0.1) is 11.1 Å². The number of ether oxygens (including phenoxy) is 1. The van der Waals surface area contributed by atoms with Crippen LogP contribution >= 0.6 is 0 Å². The van der Waals surface area contributed by atoms with Gasteiger partial charge in [0, 0.05) is 52.3 Å². The van der Waals surface area contributed by atoms with Crippen molar-refractivity contribution in [2.45, 2.75) is 77.5 Å². The highest BCUT2D eigenvalue weighted by atomic mass is 16.6. The Morgan fingerprint density at radius 1 is 1.04 bits per heavy atom. The van der Waals surface area contributed by atoms with E-state index in [4.69, 9.17) is 20.4 Å². The number of carbonyl (C=O) groups is 3. The maximum Gasteiger partial charge on any atom is 0.408 e. The van der Waals surface area contributed by atoms with Gasteiger partial charge >= 0.3 is 12.1 Å². The van der Waals surface area contributed by atoms with Crippen molar-refractivity contribution in [3.05, 3.63) is 84.3 Å². The number of alkyl carbamates (subject to hydrolysis) is 1. The van der Waals surface area contributed by atoms with Crippen LogP contribution in [0.5, 0.6) is 0 Å². The van der Waals surface area contributed by atoms with Crippen LogP contribution in [0.1, 0.15) is 69.3 Å². The number of carboxylic acid groups (broad SMARTS) is 1. The average Bonchev–Trinajstić information content (AvgIpc) is 3.45. The minimum absolute atomic E-state index is 0.0293. The third kappa shape index (κ3) is 7.20. The molecule has 1 saturated carbocycles. The predicted octanol–water partition coefficient (Wildman–Crippen LogP) is 6.85. The topological polar surface area (TPSA) is 161 Å². The molecule has 11 heteroatoms. The molecule has 11 nitrogen and oxygen atoms in total. The SMILES string of the molecule is CCc1cn(-c2ccc(C(N)=O)c(N[C@H]3CC[C@H](C(NC(=O)OC(C)(C)C)C(=O)O)CC3)c2)c2nccc(-c3cnc4ccccc4c3)c12. The van der Waals surface area contributed by atoms with E-state index in [0.717, 1.165) is 50.7 Å². The number of anilines is 1. The Bertz CT molecular complexity index is 2040. The van der Waals surface area contributed by atoms with Gasteiger partial charge in [-0.15, -0.1) is 0 Å². The highest BCUT2D eigenvalue weighted by Crippen LogP contribution is 2.36. The Morgan fingerprint density at radius 2 is 1.80 bits per heavy atom. The highest BCUT2D eigenvalue weighted by molar-refractivity contribution is 6.00. The highest BCUT2D eigenvalue weighted by Gasteiger charge is 2.34. The molecule has 1 unspecified atom stereocenters. The lowest BCUT2D eigenvalue weighted by molar-refractivity contribution is -0.141. The van der Waals surface area contributed by atoms with Gasteiger partial charge < -0.3 is 30.8 Å². The number of nitrogens with one attached hydrogen (secondary N) is 2. The third-order valence-corrected chi connectivity index (χ3v) is 9.14. The number of carboxylic acids is 1. The van der Waals surface area contributed by atoms with Crippen LogP contribution in [-0.4, -0.2) is 55.3 Å². The number of carbonyl (C=O) groups excluding carboxylic acids is 2. The van der Waals surface area contributed by atoms with Crippen molar-refractivity contribution in [1.29, 1.82) is 0 Å². The van der Waals surface area contributed by atoms with E-state index in [1.807, 2.05) is 47.2 Å². The number of benzene rings is 2. The summed E-state index contributed by atoms with van der Waals surface area (Å²) >= 11 is 0. The van der Waals surface area contributed by atoms with Crippen LogP contribution in [0.15, 0.2) is 73.2 Å². The standard InChI is InChI=1S/C38H42N6O5/c1-5-22-21-44(35-32(22)28(16-17-40-35)25-18-24-8-6-7-9-30(24)41-20-25)27-14-15-29(34(39)45)31(19-27)42-26-12-10-23(11-13-26)33(36(46)47)43-37(48)49-38(2,3)4/h6-9,14-21,23,26,33,42H,5,10-13H2,1-4H3,(H2,39,45)(H,43,48)(H,46,47)/t23-,26-,33?. The molecule has 1 fully saturated rings. The summed E-state index contributed by atoms with van der Waals surface area (Å²) < 4.78 is 7.33. The Hall–Kier alpha value is -5.45. The summed E-state index contributed by atoms with van der Waals surface area (Å²) in [6.07, 6.45) is 8.25. The van der Waals surface area contributed by atoms with Crippen LogP contribution in [0.25, 0.3) is 38.8 Å². The summed E-state index contributed by atoms with van der Waals surface area (Å²) in [5.41, 5.74) is 11.8. The zero-order chi connectivity index (χ0) is 34.9. The summed E-state index contributed by atoms with van der Waals surface area (Å²) in [4.78, 5) is 46.5. The molecular weight excluding hydrogens is 620 g/mol. The number of nitrogens with two attached hydrogens (primary N) is 1. The number of hydrogen-bond donors (Lipinski definition) is 4. The molecule has 6 rings (SSSR count). The fraction of sp³-hybridized carbons (Fsp3) is 0.342. The first-order chi connectivity index (χ1) is 23.4. The molecule has 1 aliphatic rings. The van der Waals surface area contributed by atoms with Gasteiger partial charge in [-0.3, -0.25) is 9.78 Å². The lowest BCUT2D eigenvalue weighted by Gasteiger charge is -2.33. The first kappa shape index (κ1) is 33.5. The molecule has 3 aromatic heterocycles. The zero-order valence-corrected chi connectivity index (χ0v) is 28.2. The summed E-state index contributed by atoms with van der Waals surface area (Å²) in [7, 11) is 0. The first-order valence-electron chi connectivity index (χ1n) is 16.7. The summed E-state index contributed by atoms with van der Waals surface area (Å²) in [5, 5.41) is 18.1. The monoisotopic (exact) mass is 662 g/mol. The van der Waals surface area contributed by atoms with E-state index in [2.05, 4.69) is 35.9 Å². The first-order valence-corrected chi connectivity index (χ1v) is 16.7. The van der Waals surface area contributed by atoms with Crippen LogP contribution in [-0.2, 0) is 16.0 Å². The molecule has 49 heavy (non-hydrogen) atoms. The Labute approximate surface area is 284 Å². The van der Waals surface area contributed by atoms with Crippen LogP contribution in [0.2, 0.25) is 0 Å². The van der Waals surface area contributed by atoms with E-state index in [-0.39, 0.29) is 12.0 Å². The predicted molar refractivity (Wildman–Crippen MR) is 190 cm³/mol. The second-order valence-corrected chi connectivity index (χ2v) is 13.7.